The third kappa shape index (κ3) is 5.55. The smallest absolute Gasteiger partial charge is 0.326 e. The monoisotopic (exact) mass is 407 g/mol. The van der Waals surface area contributed by atoms with Crippen LogP contribution in [0.25, 0.3) is 0 Å². The molecule has 0 saturated carbocycles. The lowest BCUT2D eigenvalue weighted by Crippen LogP contribution is -2.51. The number of carbonyl (C=O) groups is 1. The van der Waals surface area contributed by atoms with E-state index in [-0.39, 0.29) is 11.7 Å². The molecular weight excluding hydrogens is 384 g/mol. The molecule has 4 N–H and O–H groups in total. The first kappa shape index (κ1) is 20.8. The number of benzene rings is 3. The number of hydrogen-bond acceptors (Lipinski definition) is 4. The van der Waals surface area contributed by atoms with Crippen LogP contribution in [0.1, 0.15) is 6.42 Å². The lowest BCUT2D eigenvalue weighted by molar-refractivity contribution is -0.384. The first-order valence-corrected chi connectivity index (χ1v) is 9.52. The lowest BCUT2D eigenvalue weighted by atomic mass is 10.2. The number of para-hydroxylation sites is 1. The van der Waals surface area contributed by atoms with Crippen LogP contribution >= 0.6 is 0 Å². The van der Waals surface area contributed by atoms with E-state index in [0.29, 0.717) is 30.2 Å². The van der Waals surface area contributed by atoms with Crippen LogP contribution in [0.4, 0.5) is 21.9 Å². The van der Waals surface area contributed by atoms with E-state index in [0.717, 1.165) is 12.2 Å². The van der Waals surface area contributed by atoms with Crippen molar-refractivity contribution in [1.29, 1.82) is 0 Å². The van der Waals surface area contributed by atoms with Gasteiger partial charge in [0.15, 0.2) is 0 Å². The molecule has 0 aliphatic carbocycles. The predicted octanol–water partition coefficient (Wildman–Crippen LogP) is 4.06. The summed E-state index contributed by atoms with van der Waals surface area (Å²) in [4.78, 5) is 24.8. The maximum Gasteiger partial charge on any atom is 0.326 e. The average molecular weight is 407 g/mol. The Morgan fingerprint density at radius 2 is 1.60 bits per heavy atom. The van der Waals surface area contributed by atoms with Gasteiger partial charge in [0.1, 0.15) is 11.5 Å². The van der Waals surface area contributed by atoms with Crippen molar-refractivity contribution in [3.05, 3.63) is 89.0 Å². The van der Waals surface area contributed by atoms with Crippen molar-refractivity contribution in [3.8, 4) is 11.5 Å². The molecule has 8 nitrogen and oxygen atoms in total. The summed E-state index contributed by atoms with van der Waals surface area (Å²) in [5.41, 5.74) is 5.00. The van der Waals surface area contributed by atoms with Crippen LogP contribution in [0.15, 0.2) is 78.9 Å². The van der Waals surface area contributed by atoms with Gasteiger partial charge in [0.25, 0.3) is 5.69 Å². The van der Waals surface area contributed by atoms with Gasteiger partial charge in [0.05, 0.1) is 11.5 Å². The van der Waals surface area contributed by atoms with Gasteiger partial charge in [-0.15, -0.1) is 0 Å². The molecule has 0 bridgehead atoms. The zero-order valence-corrected chi connectivity index (χ0v) is 16.4. The number of hydrogen-bond donors (Lipinski definition) is 2. The van der Waals surface area contributed by atoms with E-state index in [1.165, 1.54) is 24.3 Å². The molecule has 0 saturated heterocycles. The number of nitro benzene ring substituents is 1. The summed E-state index contributed by atoms with van der Waals surface area (Å²) in [6, 6.07) is 22.1. The normalized spacial score (nSPS) is 10.3. The number of urea groups is 1. The molecular formula is C22H23N4O4+. The van der Waals surface area contributed by atoms with Crippen molar-refractivity contribution in [3.63, 3.8) is 0 Å². The molecule has 3 aromatic carbocycles. The van der Waals surface area contributed by atoms with Crippen LogP contribution in [0, 0.1) is 10.1 Å². The summed E-state index contributed by atoms with van der Waals surface area (Å²) in [7, 11) is 0. The van der Waals surface area contributed by atoms with E-state index in [4.69, 9.17) is 4.74 Å². The van der Waals surface area contributed by atoms with Gasteiger partial charge in [-0.1, -0.05) is 18.2 Å². The topological polar surface area (TPSA) is 112 Å². The Kier molecular flexibility index (Phi) is 6.96. The van der Waals surface area contributed by atoms with Crippen LogP contribution in [-0.2, 0) is 0 Å². The van der Waals surface area contributed by atoms with Gasteiger partial charge in [-0.25, -0.2) is 4.79 Å². The van der Waals surface area contributed by atoms with E-state index >= 15 is 0 Å². The molecule has 0 aromatic heterocycles. The minimum atomic E-state index is -0.481. The van der Waals surface area contributed by atoms with Gasteiger partial charge >= 0.3 is 6.03 Å². The van der Waals surface area contributed by atoms with Crippen molar-refractivity contribution in [2.75, 3.05) is 23.3 Å². The van der Waals surface area contributed by atoms with Crippen LogP contribution in [-0.4, -0.2) is 24.0 Å². The molecule has 2 amide bonds. The van der Waals surface area contributed by atoms with Gasteiger partial charge in [0, 0.05) is 36.5 Å². The number of nitrogens with zero attached hydrogens (tertiary/aromatic N) is 2. The van der Waals surface area contributed by atoms with Crippen LogP contribution in [0.3, 0.4) is 0 Å². The number of nitrogens with one attached hydrogen (secondary N) is 1. The molecule has 0 spiro atoms. The third-order valence-corrected chi connectivity index (χ3v) is 4.33. The maximum absolute atomic E-state index is 12.8. The average Bonchev–Trinajstić information content (AvgIpc) is 2.76. The van der Waals surface area contributed by atoms with Crippen molar-refractivity contribution >= 4 is 23.1 Å². The highest BCUT2D eigenvalue weighted by Gasteiger charge is 2.16. The number of non-ortho nitro benzene ring substituents is 1. The van der Waals surface area contributed by atoms with E-state index < -0.39 is 4.92 Å². The first-order chi connectivity index (χ1) is 14.6. The fourth-order valence-corrected chi connectivity index (χ4v) is 2.79. The second-order valence-corrected chi connectivity index (χ2v) is 6.50. The molecule has 154 valence electrons. The molecule has 3 rings (SSSR count). The Labute approximate surface area is 174 Å². The van der Waals surface area contributed by atoms with E-state index in [1.54, 1.807) is 17.0 Å². The Bertz CT molecular complexity index is 976. The molecule has 8 heteroatoms. The summed E-state index contributed by atoms with van der Waals surface area (Å²) < 4.78 is 5.80. The second-order valence-electron chi connectivity index (χ2n) is 6.50. The van der Waals surface area contributed by atoms with E-state index in [1.807, 2.05) is 42.5 Å². The number of quaternary nitrogens is 1. The fourth-order valence-electron chi connectivity index (χ4n) is 2.79. The predicted molar refractivity (Wildman–Crippen MR) is 115 cm³/mol. The molecule has 30 heavy (non-hydrogen) atoms. The molecule has 0 atom stereocenters. The zero-order valence-electron chi connectivity index (χ0n) is 16.4. The Morgan fingerprint density at radius 1 is 0.967 bits per heavy atom. The minimum absolute atomic E-state index is 0.0316. The van der Waals surface area contributed by atoms with Gasteiger partial charge in [-0.2, -0.15) is 0 Å². The van der Waals surface area contributed by atoms with Gasteiger partial charge < -0.3 is 15.8 Å². The van der Waals surface area contributed by atoms with Crippen molar-refractivity contribution in [2.45, 2.75) is 6.42 Å². The van der Waals surface area contributed by atoms with Gasteiger partial charge in [-0.3, -0.25) is 15.0 Å². The van der Waals surface area contributed by atoms with Crippen molar-refractivity contribution in [1.82, 2.24) is 0 Å². The second kappa shape index (κ2) is 10.0. The summed E-state index contributed by atoms with van der Waals surface area (Å²) in [5.74, 6) is 1.40. The standard InChI is InChI=1S/C22H22N4O4/c23-15-4-16-25(22(27)24-17-7-9-19(10-8-17)26(28)29)18-11-13-21(14-12-18)30-20-5-2-1-3-6-20/h1-3,5-14H,4,15-16,23H2,(H,24,27)/p+1. The summed E-state index contributed by atoms with van der Waals surface area (Å²) >= 11 is 0. The fraction of sp³-hybridized carbons (Fsp3) is 0.136. The number of amides is 2. The van der Waals surface area contributed by atoms with Gasteiger partial charge in [-0.05, 0) is 48.5 Å². The number of carbonyl (C=O) groups excluding carboxylic acids is 1. The molecule has 0 fully saturated rings. The SMILES string of the molecule is [NH3+]CCCN(C(=O)Nc1ccc([N+](=O)[O-])cc1)c1ccc(Oc2ccccc2)cc1. The number of rotatable bonds is 8. The highest BCUT2D eigenvalue weighted by Crippen LogP contribution is 2.25. The van der Waals surface area contributed by atoms with Crippen LogP contribution < -0.4 is 20.7 Å². The van der Waals surface area contributed by atoms with Crippen LogP contribution in [0.5, 0.6) is 11.5 Å². The molecule has 0 radical (unpaired) electrons. The maximum atomic E-state index is 12.8. The lowest BCUT2D eigenvalue weighted by Gasteiger charge is -2.23. The van der Waals surface area contributed by atoms with Gasteiger partial charge in [0.2, 0.25) is 0 Å². The highest BCUT2D eigenvalue weighted by molar-refractivity contribution is 6.01. The molecule has 0 aliphatic rings. The van der Waals surface area contributed by atoms with E-state index in [2.05, 4.69) is 11.1 Å². The molecule has 0 heterocycles. The highest BCUT2D eigenvalue weighted by atomic mass is 16.6. The number of anilines is 2. The number of ether oxygens (including phenoxy) is 1. The third-order valence-electron chi connectivity index (χ3n) is 4.33. The molecule has 3 aromatic rings. The van der Waals surface area contributed by atoms with Crippen molar-refractivity contribution < 1.29 is 20.2 Å². The zero-order chi connectivity index (χ0) is 21.3. The molecule has 0 unspecified atom stereocenters. The minimum Gasteiger partial charge on any atom is -0.457 e. The quantitative estimate of drug-likeness (QED) is 0.433. The van der Waals surface area contributed by atoms with E-state index in [9.17, 15) is 14.9 Å². The first-order valence-electron chi connectivity index (χ1n) is 9.52. The van der Waals surface area contributed by atoms with Crippen molar-refractivity contribution in [2.24, 2.45) is 0 Å². The summed E-state index contributed by atoms with van der Waals surface area (Å²) in [6.45, 7) is 1.18. The molecule has 0 aliphatic heterocycles. The largest absolute Gasteiger partial charge is 0.457 e. The Balaban J connectivity index is 1.72. The summed E-state index contributed by atoms with van der Waals surface area (Å²) in [6.07, 6.45) is 0.732. The Morgan fingerprint density at radius 3 is 2.20 bits per heavy atom. The number of nitro groups is 1. The summed E-state index contributed by atoms with van der Waals surface area (Å²) in [5, 5.41) is 13.6. The van der Waals surface area contributed by atoms with Crippen LogP contribution in [0.2, 0.25) is 0 Å². The Hall–Kier alpha value is -3.91.